The predicted molar refractivity (Wildman–Crippen MR) is 48.1 cm³/mol. The van der Waals surface area contributed by atoms with Gasteiger partial charge >= 0.3 is 7.82 Å². The maximum absolute atomic E-state index is 10.4. The van der Waals surface area contributed by atoms with E-state index in [1.165, 1.54) is 0 Å². The minimum Gasteiger partial charge on any atom is -0.394 e. The average Bonchev–Trinajstić information content (AvgIpc) is 2.21. The molecular formula is C6H13O9P. The fourth-order valence-electron chi connectivity index (χ4n) is 0.856. The van der Waals surface area contributed by atoms with Crippen LogP contribution in [0, 0.1) is 0 Å². The van der Waals surface area contributed by atoms with Crippen LogP contribution in [-0.2, 0) is 13.9 Å². The van der Waals surface area contributed by atoms with Crippen LogP contribution in [0.5, 0.6) is 0 Å². The summed E-state index contributed by atoms with van der Waals surface area (Å²) < 4.78 is 14.2. The zero-order chi connectivity index (χ0) is 12.9. The highest BCUT2D eigenvalue weighted by molar-refractivity contribution is 7.46. The number of hydrogen-bond donors (Lipinski definition) is 6. The van der Waals surface area contributed by atoms with Crippen molar-refractivity contribution < 1.29 is 44.1 Å². The van der Waals surface area contributed by atoms with Gasteiger partial charge in [-0.15, -0.1) is 0 Å². The molecule has 0 heterocycles. The third-order valence-electron chi connectivity index (χ3n) is 1.66. The van der Waals surface area contributed by atoms with Gasteiger partial charge in [0.05, 0.1) is 6.61 Å². The van der Waals surface area contributed by atoms with Gasteiger partial charge in [-0.05, 0) is 0 Å². The summed E-state index contributed by atoms with van der Waals surface area (Å²) >= 11 is 0. The number of hydrogen-bond acceptors (Lipinski definition) is 7. The maximum atomic E-state index is 10.4. The SMILES string of the molecule is O=C[C@H](OP(=O)(O)O)[C@@H](O)[C@H](O)[C@H](O)CO. The van der Waals surface area contributed by atoms with Crippen molar-refractivity contribution in [1.82, 2.24) is 0 Å². The number of phosphoric ester groups is 1. The van der Waals surface area contributed by atoms with Crippen LogP contribution in [0.2, 0.25) is 0 Å². The highest BCUT2D eigenvalue weighted by atomic mass is 31.2. The van der Waals surface area contributed by atoms with Crippen molar-refractivity contribution in [2.24, 2.45) is 0 Å². The fourth-order valence-corrected chi connectivity index (χ4v) is 1.35. The molecule has 96 valence electrons. The molecule has 10 heteroatoms. The zero-order valence-electron chi connectivity index (χ0n) is 7.95. The summed E-state index contributed by atoms with van der Waals surface area (Å²) in [7, 11) is -5.02. The van der Waals surface area contributed by atoms with Crippen LogP contribution in [0.25, 0.3) is 0 Å². The number of aldehydes is 1. The molecule has 0 aliphatic heterocycles. The summed E-state index contributed by atoms with van der Waals surface area (Å²) in [6.07, 6.45) is -7.98. The molecule has 6 N–H and O–H groups in total. The van der Waals surface area contributed by atoms with E-state index in [0.717, 1.165) is 0 Å². The lowest BCUT2D eigenvalue weighted by Gasteiger charge is -2.25. The molecule has 16 heavy (non-hydrogen) atoms. The van der Waals surface area contributed by atoms with Crippen molar-refractivity contribution in [2.75, 3.05) is 6.61 Å². The third-order valence-corrected chi connectivity index (χ3v) is 2.18. The predicted octanol–water partition coefficient (Wildman–Crippen LogP) is -3.26. The summed E-state index contributed by atoms with van der Waals surface area (Å²) in [5, 5.41) is 35.7. The molecule has 0 aliphatic carbocycles. The van der Waals surface area contributed by atoms with E-state index in [0.29, 0.717) is 0 Å². The Morgan fingerprint density at radius 3 is 2.00 bits per heavy atom. The molecule has 0 aromatic carbocycles. The van der Waals surface area contributed by atoms with Crippen LogP contribution in [0.4, 0.5) is 0 Å². The fraction of sp³-hybridized carbons (Fsp3) is 0.833. The average molecular weight is 260 g/mol. The standard InChI is InChI=1S/C6H13O9P/c7-1-3(9)5(10)6(11)4(2-8)15-16(12,13)14/h2-7,9-11H,1H2,(H2,12,13,14)/t3-,4+,5-,6-/m1/s1. The van der Waals surface area contributed by atoms with Crippen LogP contribution >= 0.6 is 7.82 Å². The molecule has 0 aromatic rings. The first-order valence-corrected chi connectivity index (χ1v) is 5.60. The zero-order valence-corrected chi connectivity index (χ0v) is 8.84. The second kappa shape index (κ2) is 6.38. The number of rotatable bonds is 7. The molecule has 4 atom stereocenters. The lowest BCUT2D eigenvalue weighted by atomic mass is 10.0. The van der Waals surface area contributed by atoms with Crippen molar-refractivity contribution in [2.45, 2.75) is 24.4 Å². The molecule has 0 amide bonds. The molecule has 0 spiro atoms. The number of carbonyl (C=O) groups excluding carboxylic acids is 1. The number of carbonyl (C=O) groups is 1. The van der Waals surface area contributed by atoms with Gasteiger partial charge in [0.25, 0.3) is 0 Å². The second-order valence-electron chi connectivity index (χ2n) is 2.93. The molecule has 0 aromatic heterocycles. The van der Waals surface area contributed by atoms with Gasteiger partial charge in [0.15, 0.2) is 12.4 Å². The summed E-state index contributed by atoms with van der Waals surface area (Å²) in [5.74, 6) is 0. The van der Waals surface area contributed by atoms with Gasteiger partial charge in [-0.2, -0.15) is 0 Å². The molecule has 0 saturated heterocycles. The first-order valence-electron chi connectivity index (χ1n) is 4.07. The summed E-state index contributed by atoms with van der Waals surface area (Å²) in [5.41, 5.74) is 0. The highest BCUT2D eigenvalue weighted by Crippen LogP contribution is 2.38. The molecule has 0 bridgehead atoms. The Kier molecular flexibility index (Phi) is 6.23. The van der Waals surface area contributed by atoms with Crippen LogP contribution in [0.3, 0.4) is 0 Å². The Labute approximate surface area is 90.2 Å². The van der Waals surface area contributed by atoms with Crippen LogP contribution in [-0.4, -0.2) is 67.5 Å². The van der Waals surface area contributed by atoms with E-state index in [1.807, 2.05) is 0 Å². The summed E-state index contributed by atoms with van der Waals surface area (Å²) in [4.78, 5) is 27.1. The van der Waals surface area contributed by atoms with Gasteiger partial charge in [-0.25, -0.2) is 4.57 Å². The molecule has 9 nitrogen and oxygen atoms in total. The van der Waals surface area contributed by atoms with Gasteiger partial charge in [-0.1, -0.05) is 0 Å². The van der Waals surface area contributed by atoms with Crippen molar-refractivity contribution >= 4 is 14.1 Å². The minimum absolute atomic E-state index is 0.142. The Morgan fingerprint density at radius 2 is 1.69 bits per heavy atom. The Bertz CT molecular complexity index is 263. The van der Waals surface area contributed by atoms with Gasteiger partial charge in [-0.3, -0.25) is 4.52 Å². The topological polar surface area (TPSA) is 165 Å². The van der Waals surface area contributed by atoms with Crippen LogP contribution in [0.15, 0.2) is 0 Å². The normalized spacial score (nSPS) is 19.9. The van der Waals surface area contributed by atoms with Crippen molar-refractivity contribution in [3.05, 3.63) is 0 Å². The first kappa shape index (κ1) is 15.6. The summed E-state index contributed by atoms with van der Waals surface area (Å²) in [6, 6.07) is 0. The van der Waals surface area contributed by atoms with Gasteiger partial charge in [0.2, 0.25) is 0 Å². The van der Waals surface area contributed by atoms with E-state index in [-0.39, 0.29) is 6.29 Å². The van der Waals surface area contributed by atoms with Crippen LogP contribution < -0.4 is 0 Å². The van der Waals surface area contributed by atoms with E-state index in [1.54, 1.807) is 0 Å². The number of phosphoric acid groups is 1. The Morgan fingerprint density at radius 1 is 1.19 bits per heavy atom. The Balaban J connectivity index is 4.59. The number of aliphatic hydroxyl groups excluding tert-OH is 4. The Hall–Kier alpha value is -0.380. The molecule has 0 rings (SSSR count). The van der Waals surface area contributed by atoms with Crippen molar-refractivity contribution in [3.8, 4) is 0 Å². The smallest absolute Gasteiger partial charge is 0.394 e. The molecule has 0 radical (unpaired) electrons. The van der Waals surface area contributed by atoms with Gasteiger partial charge in [0, 0.05) is 0 Å². The minimum atomic E-state index is -5.02. The van der Waals surface area contributed by atoms with E-state index >= 15 is 0 Å². The largest absolute Gasteiger partial charge is 0.470 e. The molecule has 0 fully saturated rings. The monoisotopic (exact) mass is 260 g/mol. The second-order valence-corrected chi connectivity index (χ2v) is 4.12. The quantitative estimate of drug-likeness (QED) is 0.203. The third kappa shape index (κ3) is 5.10. The molecule has 0 unspecified atom stereocenters. The summed E-state index contributed by atoms with van der Waals surface area (Å²) in [6.45, 7) is -0.903. The molecule has 0 aliphatic rings. The van der Waals surface area contributed by atoms with Crippen LogP contribution in [0.1, 0.15) is 0 Å². The van der Waals surface area contributed by atoms with Crippen molar-refractivity contribution in [3.63, 3.8) is 0 Å². The van der Waals surface area contributed by atoms with E-state index < -0.39 is 38.8 Å². The van der Waals surface area contributed by atoms with E-state index in [9.17, 15) is 14.5 Å². The van der Waals surface area contributed by atoms with E-state index in [2.05, 4.69) is 4.52 Å². The lowest BCUT2D eigenvalue weighted by Crippen LogP contribution is -2.47. The van der Waals surface area contributed by atoms with Crippen molar-refractivity contribution in [1.29, 1.82) is 0 Å². The van der Waals surface area contributed by atoms with E-state index in [4.69, 9.17) is 25.1 Å². The lowest BCUT2D eigenvalue weighted by molar-refractivity contribution is -0.135. The first-order chi connectivity index (χ1) is 7.22. The highest BCUT2D eigenvalue weighted by Gasteiger charge is 2.35. The number of aliphatic hydroxyl groups is 4. The van der Waals surface area contributed by atoms with Gasteiger partial charge in [0.1, 0.15) is 18.3 Å². The molecular weight excluding hydrogens is 247 g/mol. The maximum Gasteiger partial charge on any atom is 0.470 e. The van der Waals surface area contributed by atoms with Gasteiger partial charge < -0.3 is 35.0 Å². The molecule has 0 saturated carbocycles.